The number of benzene rings is 1. The van der Waals surface area contributed by atoms with Crippen molar-refractivity contribution in [3.8, 4) is 0 Å². The predicted octanol–water partition coefficient (Wildman–Crippen LogP) is 3.63. The van der Waals surface area contributed by atoms with Crippen molar-refractivity contribution in [2.75, 3.05) is 0 Å². The predicted molar refractivity (Wildman–Crippen MR) is 54.1 cm³/mol. The summed E-state index contributed by atoms with van der Waals surface area (Å²) in [6.45, 7) is 3.12. The summed E-state index contributed by atoms with van der Waals surface area (Å²) >= 11 is 10.8. The molecule has 88 valence electrons. The maximum Gasteiger partial charge on any atom is 0.266 e. The quantitative estimate of drug-likeness (QED) is 0.257. The first-order chi connectivity index (χ1) is 7.29. The van der Waals surface area contributed by atoms with Crippen molar-refractivity contribution < 1.29 is 22.0 Å². The zero-order chi connectivity index (χ0) is 12.6. The maximum absolute atomic E-state index is 13.1. The molecule has 0 spiro atoms. The highest BCUT2D eigenvalue weighted by atomic mass is 35.7. The molecular weight excluding hydrogens is 290 g/mol. The molecule has 0 amide bonds. The Bertz CT molecular complexity index is 431. The zero-order valence-electron chi connectivity index (χ0n) is 7.43. The molecule has 0 aromatic heterocycles. The van der Waals surface area contributed by atoms with Crippen molar-refractivity contribution in [1.82, 2.24) is 0 Å². The van der Waals surface area contributed by atoms with Gasteiger partial charge in [-0.1, -0.05) is 6.58 Å². The standard InChI is InChI=1S/C8H3Cl2F5Si/c1-2(16(9)10)3-4(11)6(13)8(15)7(14)5(3)12/h16H,1H2. The van der Waals surface area contributed by atoms with Gasteiger partial charge in [-0.15, -0.1) is 22.2 Å². The van der Waals surface area contributed by atoms with E-state index in [4.69, 9.17) is 22.2 Å². The van der Waals surface area contributed by atoms with Crippen LogP contribution >= 0.6 is 22.2 Å². The number of halogens is 7. The van der Waals surface area contributed by atoms with Crippen LogP contribution in [0.2, 0.25) is 0 Å². The summed E-state index contributed by atoms with van der Waals surface area (Å²) in [5.74, 6) is -10.3. The van der Waals surface area contributed by atoms with Crippen molar-refractivity contribution in [3.63, 3.8) is 0 Å². The van der Waals surface area contributed by atoms with E-state index >= 15 is 0 Å². The van der Waals surface area contributed by atoms with Gasteiger partial charge in [0.15, 0.2) is 23.3 Å². The van der Waals surface area contributed by atoms with Crippen LogP contribution in [-0.2, 0) is 0 Å². The number of hydrogen-bond acceptors (Lipinski definition) is 0. The highest BCUT2D eigenvalue weighted by molar-refractivity contribution is 7.41. The van der Waals surface area contributed by atoms with E-state index in [-0.39, 0.29) is 0 Å². The Hall–Kier alpha value is -0.593. The molecule has 0 aliphatic heterocycles. The first-order valence-electron chi connectivity index (χ1n) is 3.77. The zero-order valence-corrected chi connectivity index (χ0v) is 10.1. The molecule has 0 unspecified atom stereocenters. The van der Waals surface area contributed by atoms with Crippen molar-refractivity contribution >= 4 is 34.8 Å². The Balaban J connectivity index is 3.58. The van der Waals surface area contributed by atoms with Crippen LogP contribution in [0.15, 0.2) is 6.58 Å². The fraction of sp³-hybridized carbons (Fsp3) is 0. The lowest BCUT2D eigenvalue weighted by Gasteiger charge is -2.10. The fourth-order valence-electron chi connectivity index (χ4n) is 0.996. The highest BCUT2D eigenvalue weighted by Gasteiger charge is 2.29. The molecule has 16 heavy (non-hydrogen) atoms. The maximum atomic E-state index is 13.1. The summed E-state index contributed by atoms with van der Waals surface area (Å²) in [5, 5.41) is -0.462. The first-order valence-corrected chi connectivity index (χ1v) is 7.84. The molecule has 0 atom stereocenters. The fourth-order valence-corrected chi connectivity index (χ4v) is 2.12. The average Bonchev–Trinajstić information content (AvgIpc) is 2.23. The van der Waals surface area contributed by atoms with E-state index < -0.39 is 47.3 Å². The molecular formula is C8H3Cl2F5Si. The number of rotatable bonds is 2. The molecule has 0 heterocycles. The average molecular weight is 293 g/mol. The molecule has 1 rings (SSSR count). The van der Waals surface area contributed by atoms with Crippen LogP contribution in [0, 0.1) is 29.1 Å². The molecule has 0 bridgehead atoms. The number of hydrogen-bond donors (Lipinski definition) is 0. The van der Waals surface area contributed by atoms with Crippen molar-refractivity contribution in [1.29, 1.82) is 0 Å². The SMILES string of the molecule is C=C(c1c(F)c(F)c(F)c(F)c1F)[SiH](Cl)Cl. The van der Waals surface area contributed by atoms with E-state index in [0.29, 0.717) is 0 Å². The largest absolute Gasteiger partial charge is 0.266 e. The normalized spacial score (nSPS) is 11.0. The van der Waals surface area contributed by atoms with Gasteiger partial charge < -0.3 is 0 Å². The Kier molecular flexibility index (Phi) is 3.98. The summed E-state index contributed by atoms with van der Waals surface area (Å²) in [4.78, 5) is 0. The molecule has 0 nitrogen and oxygen atoms in total. The lowest BCUT2D eigenvalue weighted by Crippen LogP contribution is -2.10. The van der Waals surface area contributed by atoms with E-state index in [0.717, 1.165) is 0 Å². The minimum absolute atomic E-state index is 0.462. The monoisotopic (exact) mass is 292 g/mol. The van der Waals surface area contributed by atoms with Gasteiger partial charge in [-0.2, -0.15) is 0 Å². The molecule has 0 aliphatic rings. The topological polar surface area (TPSA) is 0 Å². The minimum Gasteiger partial charge on any atom is -0.203 e. The summed E-state index contributed by atoms with van der Waals surface area (Å²) in [7, 11) is -2.79. The lowest BCUT2D eigenvalue weighted by atomic mass is 10.1. The third-order valence-electron chi connectivity index (χ3n) is 1.79. The summed E-state index contributed by atoms with van der Waals surface area (Å²) < 4.78 is 64.4. The summed E-state index contributed by atoms with van der Waals surface area (Å²) in [6.07, 6.45) is 0. The van der Waals surface area contributed by atoms with Crippen molar-refractivity contribution in [3.05, 3.63) is 41.2 Å². The van der Waals surface area contributed by atoms with Crippen molar-refractivity contribution in [2.45, 2.75) is 0 Å². The van der Waals surface area contributed by atoms with Crippen LogP contribution in [0.3, 0.4) is 0 Å². The van der Waals surface area contributed by atoms with E-state index in [1.807, 2.05) is 0 Å². The molecule has 1 aromatic rings. The summed E-state index contributed by atoms with van der Waals surface area (Å²) in [6, 6.07) is 0. The van der Waals surface area contributed by atoms with Gasteiger partial charge >= 0.3 is 0 Å². The Labute approximate surface area is 98.3 Å². The van der Waals surface area contributed by atoms with Crippen LogP contribution in [-0.4, -0.2) is 7.42 Å². The highest BCUT2D eigenvalue weighted by Crippen LogP contribution is 2.30. The van der Waals surface area contributed by atoms with Gasteiger partial charge in [0, 0.05) is 0 Å². The molecule has 0 N–H and O–H groups in total. The molecule has 0 saturated heterocycles. The van der Waals surface area contributed by atoms with Crippen LogP contribution < -0.4 is 0 Å². The third kappa shape index (κ3) is 2.09. The first kappa shape index (κ1) is 13.5. The van der Waals surface area contributed by atoms with Crippen LogP contribution in [0.1, 0.15) is 5.56 Å². The van der Waals surface area contributed by atoms with Gasteiger partial charge in [0.25, 0.3) is 7.42 Å². The third-order valence-corrected chi connectivity index (χ3v) is 4.19. The van der Waals surface area contributed by atoms with Crippen LogP contribution in [0.4, 0.5) is 22.0 Å². The smallest absolute Gasteiger partial charge is 0.203 e. The Morgan fingerprint density at radius 2 is 1.12 bits per heavy atom. The molecule has 0 aliphatic carbocycles. The van der Waals surface area contributed by atoms with E-state index in [1.54, 1.807) is 0 Å². The molecule has 8 heteroatoms. The molecule has 0 fully saturated rings. The van der Waals surface area contributed by atoms with Gasteiger partial charge in [0.2, 0.25) is 5.82 Å². The van der Waals surface area contributed by atoms with Crippen molar-refractivity contribution in [2.24, 2.45) is 0 Å². The molecule has 0 radical (unpaired) electrons. The molecule has 1 aromatic carbocycles. The van der Waals surface area contributed by atoms with Gasteiger partial charge in [-0.05, 0) is 5.20 Å². The van der Waals surface area contributed by atoms with E-state index in [1.165, 1.54) is 0 Å². The van der Waals surface area contributed by atoms with Gasteiger partial charge in [-0.3, -0.25) is 0 Å². The van der Waals surface area contributed by atoms with Gasteiger partial charge in [0.05, 0.1) is 5.56 Å². The van der Waals surface area contributed by atoms with E-state index in [2.05, 4.69) is 6.58 Å². The van der Waals surface area contributed by atoms with Gasteiger partial charge in [-0.25, -0.2) is 22.0 Å². The second-order valence-electron chi connectivity index (χ2n) is 2.77. The van der Waals surface area contributed by atoms with Crippen LogP contribution in [0.25, 0.3) is 5.20 Å². The second kappa shape index (κ2) is 4.73. The van der Waals surface area contributed by atoms with Gasteiger partial charge in [0.1, 0.15) is 0 Å². The Morgan fingerprint density at radius 1 is 0.812 bits per heavy atom. The lowest BCUT2D eigenvalue weighted by molar-refractivity contribution is 0.376. The molecule has 0 saturated carbocycles. The Morgan fingerprint density at radius 3 is 1.44 bits per heavy atom. The van der Waals surface area contributed by atoms with Crippen LogP contribution in [0.5, 0.6) is 0 Å². The minimum atomic E-state index is -2.79. The van der Waals surface area contributed by atoms with E-state index in [9.17, 15) is 22.0 Å². The summed E-state index contributed by atoms with van der Waals surface area (Å²) in [5.41, 5.74) is -1.14. The second-order valence-corrected chi connectivity index (χ2v) is 7.36.